The van der Waals surface area contributed by atoms with Crippen molar-refractivity contribution in [2.75, 3.05) is 14.2 Å². The summed E-state index contributed by atoms with van der Waals surface area (Å²) in [6, 6.07) is 7.95. The van der Waals surface area contributed by atoms with E-state index in [2.05, 4.69) is 27.5 Å². The van der Waals surface area contributed by atoms with Crippen molar-refractivity contribution in [2.45, 2.75) is 26.4 Å². The highest BCUT2D eigenvalue weighted by atomic mass is 127. The highest BCUT2D eigenvalue weighted by Crippen LogP contribution is 2.16. The smallest absolute Gasteiger partial charge is 0.191 e. The predicted octanol–water partition coefficient (Wildman–Crippen LogP) is 3.20. The summed E-state index contributed by atoms with van der Waals surface area (Å²) >= 11 is 1.73. The van der Waals surface area contributed by atoms with E-state index in [1.807, 2.05) is 30.5 Å². The Hall–Kier alpha value is -1.35. The summed E-state index contributed by atoms with van der Waals surface area (Å²) in [4.78, 5) is 9.92. The van der Waals surface area contributed by atoms with E-state index in [0.717, 1.165) is 28.7 Å². The van der Waals surface area contributed by atoms with Crippen molar-refractivity contribution in [3.8, 4) is 5.75 Å². The fourth-order valence-electron chi connectivity index (χ4n) is 2.00. The lowest BCUT2D eigenvalue weighted by atomic mass is 10.2. The first kappa shape index (κ1) is 19.7. The lowest BCUT2D eigenvalue weighted by Gasteiger charge is -2.13. The zero-order chi connectivity index (χ0) is 15.8. The minimum Gasteiger partial charge on any atom is -0.496 e. The van der Waals surface area contributed by atoms with Crippen LogP contribution in [-0.2, 0) is 19.5 Å². The Bertz CT molecular complexity index is 630. The van der Waals surface area contributed by atoms with Gasteiger partial charge in [0.15, 0.2) is 5.96 Å². The third-order valence-electron chi connectivity index (χ3n) is 3.22. The molecule has 5 nitrogen and oxygen atoms in total. The van der Waals surface area contributed by atoms with Gasteiger partial charge in [-0.3, -0.25) is 4.99 Å². The topological polar surface area (TPSA) is 58.5 Å². The third-order valence-corrected chi connectivity index (χ3v) is 4.36. The second-order valence-corrected chi connectivity index (χ2v) is 5.86. The minimum absolute atomic E-state index is 0. The van der Waals surface area contributed by atoms with Crippen molar-refractivity contribution >= 4 is 41.3 Å². The predicted molar refractivity (Wildman–Crippen MR) is 107 cm³/mol. The molecule has 1 aromatic carbocycles. The van der Waals surface area contributed by atoms with Crippen LogP contribution in [-0.4, -0.2) is 25.1 Å². The summed E-state index contributed by atoms with van der Waals surface area (Å²) in [5.74, 6) is 1.62. The number of nitrogens with one attached hydrogen (secondary N) is 2. The van der Waals surface area contributed by atoms with Crippen LogP contribution in [0.4, 0.5) is 0 Å². The zero-order valence-corrected chi connectivity index (χ0v) is 16.8. The molecule has 0 unspecified atom stereocenters. The van der Waals surface area contributed by atoms with Gasteiger partial charge < -0.3 is 15.4 Å². The number of rotatable bonds is 6. The van der Waals surface area contributed by atoms with Crippen LogP contribution in [0, 0.1) is 0 Å². The summed E-state index contributed by atoms with van der Waals surface area (Å²) < 4.78 is 5.35. The maximum atomic E-state index is 5.35. The summed E-state index contributed by atoms with van der Waals surface area (Å²) in [6.07, 6.45) is 2.96. The molecule has 7 heteroatoms. The van der Waals surface area contributed by atoms with Gasteiger partial charge in [-0.05, 0) is 12.5 Å². The Morgan fingerprint density at radius 2 is 2.00 bits per heavy atom. The summed E-state index contributed by atoms with van der Waals surface area (Å²) in [5, 5.41) is 7.63. The Labute approximate surface area is 158 Å². The molecule has 0 radical (unpaired) electrons. The minimum atomic E-state index is 0. The van der Waals surface area contributed by atoms with Crippen LogP contribution in [0.1, 0.15) is 22.4 Å². The number of halogens is 1. The molecule has 0 aliphatic heterocycles. The number of hydrogen-bond acceptors (Lipinski definition) is 4. The maximum Gasteiger partial charge on any atom is 0.191 e. The average molecular weight is 446 g/mol. The van der Waals surface area contributed by atoms with Crippen molar-refractivity contribution < 1.29 is 4.74 Å². The molecule has 0 spiro atoms. The quantitative estimate of drug-likeness (QED) is 0.407. The van der Waals surface area contributed by atoms with Crippen LogP contribution in [0.15, 0.2) is 35.5 Å². The van der Waals surface area contributed by atoms with Gasteiger partial charge in [-0.25, -0.2) is 4.98 Å². The van der Waals surface area contributed by atoms with Gasteiger partial charge in [-0.2, -0.15) is 0 Å². The van der Waals surface area contributed by atoms with Gasteiger partial charge in [-0.15, -0.1) is 35.3 Å². The van der Waals surface area contributed by atoms with Crippen molar-refractivity contribution in [2.24, 2.45) is 4.99 Å². The fourth-order valence-corrected chi connectivity index (χ4v) is 2.80. The number of aromatic nitrogens is 1. The molecule has 0 aliphatic rings. The molecule has 0 saturated carbocycles. The van der Waals surface area contributed by atoms with E-state index >= 15 is 0 Å². The fraction of sp³-hybridized carbons (Fsp3) is 0.375. The molecule has 126 valence electrons. The Kier molecular flexibility index (Phi) is 8.93. The molecule has 0 fully saturated rings. The summed E-state index contributed by atoms with van der Waals surface area (Å²) in [7, 11) is 3.44. The van der Waals surface area contributed by atoms with Crippen LogP contribution >= 0.6 is 35.3 Å². The second-order valence-electron chi connectivity index (χ2n) is 4.67. The molecule has 1 aromatic heterocycles. The summed E-state index contributed by atoms with van der Waals surface area (Å²) in [5.41, 5.74) is 1.09. The normalized spacial score (nSPS) is 10.8. The largest absolute Gasteiger partial charge is 0.496 e. The molecular weight excluding hydrogens is 423 g/mol. The van der Waals surface area contributed by atoms with E-state index in [1.54, 1.807) is 25.5 Å². The lowest BCUT2D eigenvalue weighted by molar-refractivity contribution is 0.409. The van der Waals surface area contributed by atoms with Crippen LogP contribution in [0.2, 0.25) is 0 Å². The first-order valence-electron chi connectivity index (χ1n) is 7.26. The van der Waals surface area contributed by atoms with Crippen LogP contribution in [0.25, 0.3) is 0 Å². The van der Waals surface area contributed by atoms with Gasteiger partial charge >= 0.3 is 0 Å². The van der Waals surface area contributed by atoms with E-state index in [-0.39, 0.29) is 24.0 Å². The molecular formula is C16H23IN4OS. The lowest BCUT2D eigenvalue weighted by Crippen LogP contribution is -2.36. The number of ether oxygens (including phenoxy) is 1. The molecule has 0 bridgehead atoms. The van der Waals surface area contributed by atoms with Crippen molar-refractivity contribution in [1.82, 2.24) is 15.6 Å². The molecule has 2 aromatic rings. The first-order valence-corrected chi connectivity index (χ1v) is 8.08. The maximum absolute atomic E-state index is 5.35. The van der Waals surface area contributed by atoms with Gasteiger partial charge in [0.1, 0.15) is 10.8 Å². The first-order chi connectivity index (χ1) is 10.8. The monoisotopic (exact) mass is 446 g/mol. The van der Waals surface area contributed by atoms with E-state index in [1.165, 1.54) is 4.88 Å². The number of para-hydroxylation sites is 1. The number of nitrogens with zero attached hydrogens (tertiary/aromatic N) is 2. The van der Waals surface area contributed by atoms with Gasteiger partial charge in [-0.1, -0.05) is 25.1 Å². The van der Waals surface area contributed by atoms with Gasteiger partial charge in [0.25, 0.3) is 0 Å². The van der Waals surface area contributed by atoms with E-state index < -0.39 is 0 Å². The van der Waals surface area contributed by atoms with Gasteiger partial charge in [0.2, 0.25) is 0 Å². The molecule has 0 amide bonds. The Balaban J connectivity index is 0.00000264. The molecule has 0 saturated heterocycles. The number of methoxy groups -OCH3 is 1. The number of guanidine groups is 1. The van der Waals surface area contributed by atoms with E-state index in [0.29, 0.717) is 13.1 Å². The highest BCUT2D eigenvalue weighted by Gasteiger charge is 2.05. The van der Waals surface area contributed by atoms with Crippen LogP contribution in [0.5, 0.6) is 5.75 Å². The van der Waals surface area contributed by atoms with Crippen molar-refractivity contribution in [1.29, 1.82) is 0 Å². The van der Waals surface area contributed by atoms with Crippen LogP contribution < -0.4 is 15.4 Å². The average Bonchev–Trinajstić information content (AvgIpc) is 3.03. The Morgan fingerprint density at radius 1 is 1.26 bits per heavy atom. The number of hydrogen-bond donors (Lipinski definition) is 2. The third kappa shape index (κ3) is 5.98. The molecule has 23 heavy (non-hydrogen) atoms. The van der Waals surface area contributed by atoms with Crippen LogP contribution in [0.3, 0.4) is 0 Å². The standard InChI is InChI=1S/C16H22N4OS.HI/c1-4-13-10-18-15(22-13)11-20-16(17-2)19-9-12-7-5-6-8-14(12)21-3;/h5-8,10H,4,9,11H2,1-3H3,(H2,17,19,20);1H. The summed E-state index contributed by atoms with van der Waals surface area (Å²) in [6.45, 7) is 3.47. The van der Waals surface area contributed by atoms with Gasteiger partial charge in [0.05, 0.1) is 13.7 Å². The molecule has 2 N–H and O–H groups in total. The molecule has 2 rings (SSSR count). The number of benzene rings is 1. The second kappa shape index (κ2) is 10.4. The van der Waals surface area contributed by atoms with E-state index in [4.69, 9.17) is 4.74 Å². The number of aryl methyl sites for hydroxylation is 1. The molecule has 1 heterocycles. The SMILES string of the molecule is CCc1cnc(CNC(=NC)NCc2ccccc2OC)s1.I. The van der Waals surface area contributed by atoms with E-state index in [9.17, 15) is 0 Å². The van der Waals surface area contributed by atoms with Crippen molar-refractivity contribution in [3.63, 3.8) is 0 Å². The molecule has 0 atom stereocenters. The molecule has 0 aliphatic carbocycles. The number of aliphatic imine (C=N–C) groups is 1. The zero-order valence-electron chi connectivity index (χ0n) is 13.6. The van der Waals surface area contributed by atoms with Gasteiger partial charge in [0, 0.05) is 30.2 Å². The highest BCUT2D eigenvalue weighted by molar-refractivity contribution is 14.0. The number of thiazole rings is 1. The Morgan fingerprint density at radius 3 is 2.65 bits per heavy atom. The van der Waals surface area contributed by atoms with Crippen molar-refractivity contribution in [3.05, 3.63) is 45.9 Å².